The van der Waals surface area contributed by atoms with Crippen LogP contribution in [0.5, 0.6) is 0 Å². The zero-order valence-corrected chi connectivity index (χ0v) is 12.7. The van der Waals surface area contributed by atoms with Gasteiger partial charge < -0.3 is 10.6 Å². The highest BCUT2D eigenvalue weighted by Crippen LogP contribution is 2.12. The molecule has 2 N–H and O–H groups in total. The van der Waals surface area contributed by atoms with Crippen LogP contribution in [0.4, 0.5) is 10.1 Å². The summed E-state index contributed by atoms with van der Waals surface area (Å²) in [6.45, 7) is 6.50. The summed E-state index contributed by atoms with van der Waals surface area (Å²) in [7, 11) is 0. The lowest BCUT2D eigenvalue weighted by Crippen LogP contribution is -2.52. The minimum absolute atomic E-state index is 0.0393. The van der Waals surface area contributed by atoms with Crippen molar-refractivity contribution < 1.29 is 9.18 Å². The first-order chi connectivity index (χ1) is 10.7. The van der Waals surface area contributed by atoms with Gasteiger partial charge in [-0.15, -0.1) is 0 Å². The molecule has 0 aromatic heterocycles. The van der Waals surface area contributed by atoms with Crippen LogP contribution in [0, 0.1) is 5.82 Å². The third kappa shape index (κ3) is 4.03. The van der Waals surface area contributed by atoms with E-state index < -0.39 is 0 Å². The van der Waals surface area contributed by atoms with E-state index >= 15 is 0 Å². The predicted molar refractivity (Wildman–Crippen MR) is 84.3 cm³/mol. The van der Waals surface area contributed by atoms with Crippen LogP contribution in [-0.2, 0) is 4.79 Å². The Kier molecular flexibility index (Phi) is 5.02. The van der Waals surface area contributed by atoms with Gasteiger partial charge in [0.1, 0.15) is 5.82 Å². The topological polar surface area (TPSA) is 47.6 Å². The van der Waals surface area contributed by atoms with Crippen LogP contribution in [0.1, 0.15) is 6.42 Å². The lowest BCUT2D eigenvalue weighted by Gasteiger charge is -2.37. The smallest absolute Gasteiger partial charge is 0.238 e. The second-order valence-electron chi connectivity index (χ2n) is 6.01. The van der Waals surface area contributed by atoms with Gasteiger partial charge in [0.15, 0.2) is 0 Å². The first-order valence-electron chi connectivity index (χ1n) is 7.93. The van der Waals surface area contributed by atoms with Crippen molar-refractivity contribution >= 4 is 11.6 Å². The highest BCUT2D eigenvalue weighted by molar-refractivity contribution is 5.92. The van der Waals surface area contributed by atoms with E-state index in [1.165, 1.54) is 18.6 Å². The van der Waals surface area contributed by atoms with Crippen LogP contribution < -0.4 is 10.6 Å². The third-order valence-corrected chi connectivity index (χ3v) is 4.45. The SMILES string of the molecule is O=C(CN1CCN(C2CCNC2)CC1)Nc1ccc(F)cc1. The first-order valence-corrected chi connectivity index (χ1v) is 7.93. The first kappa shape index (κ1) is 15.4. The van der Waals surface area contributed by atoms with Crippen LogP contribution in [0.3, 0.4) is 0 Å². The minimum Gasteiger partial charge on any atom is -0.325 e. The van der Waals surface area contributed by atoms with Crippen LogP contribution in [0.15, 0.2) is 24.3 Å². The van der Waals surface area contributed by atoms with Crippen molar-refractivity contribution in [3.8, 4) is 0 Å². The van der Waals surface area contributed by atoms with Crippen LogP contribution in [0.25, 0.3) is 0 Å². The molecule has 1 aromatic rings. The maximum Gasteiger partial charge on any atom is 0.238 e. The molecule has 0 spiro atoms. The Balaban J connectivity index is 1.42. The fraction of sp³-hybridized carbons (Fsp3) is 0.562. The average Bonchev–Trinajstić information content (AvgIpc) is 3.05. The van der Waals surface area contributed by atoms with E-state index in [1.807, 2.05) is 0 Å². The molecule has 0 aliphatic carbocycles. The van der Waals surface area contributed by atoms with E-state index in [9.17, 15) is 9.18 Å². The van der Waals surface area contributed by atoms with Crippen molar-refractivity contribution in [1.82, 2.24) is 15.1 Å². The standard InChI is InChI=1S/C16H23FN4O/c17-13-1-3-14(4-2-13)19-16(22)12-20-7-9-21(10-8-20)15-5-6-18-11-15/h1-4,15,18H,5-12H2,(H,19,22). The number of nitrogens with zero attached hydrogens (tertiary/aromatic N) is 2. The number of amides is 1. The number of hydrogen-bond donors (Lipinski definition) is 2. The molecule has 0 bridgehead atoms. The van der Waals surface area contributed by atoms with Gasteiger partial charge in [0.25, 0.3) is 0 Å². The van der Waals surface area contributed by atoms with Gasteiger partial charge >= 0.3 is 0 Å². The summed E-state index contributed by atoms with van der Waals surface area (Å²) in [4.78, 5) is 16.7. The Labute approximate surface area is 130 Å². The van der Waals surface area contributed by atoms with E-state index in [1.54, 1.807) is 12.1 Å². The lowest BCUT2D eigenvalue weighted by atomic mass is 10.2. The molecule has 2 heterocycles. The number of hydrogen-bond acceptors (Lipinski definition) is 4. The van der Waals surface area contributed by atoms with Crippen LogP contribution >= 0.6 is 0 Å². The fourth-order valence-corrected chi connectivity index (χ4v) is 3.17. The second kappa shape index (κ2) is 7.17. The fourth-order valence-electron chi connectivity index (χ4n) is 3.17. The number of rotatable bonds is 4. The monoisotopic (exact) mass is 306 g/mol. The average molecular weight is 306 g/mol. The Bertz CT molecular complexity index is 493. The van der Waals surface area contributed by atoms with Gasteiger partial charge in [-0.05, 0) is 37.2 Å². The quantitative estimate of drug-likeness (QED) is 0.861. The summed E-state index contributed by atoms with van der Waals surface area (Å²) in [5, 5.41) is 6.21. The van der Waals surface area contributed by atoms with Gasteiger partial charge in [0.05, 0.1) is 6.54 Å². The third-order valence-electron chi connectivity index (χ3n) is 4.45. The highest BCUT2D eigenvalue weighted by atomic mass is 19.1. The lowest BCUT2D eigenvalue weighted by molar-refractivity contribution is -0.117. The summed E-state index contributed by atoms with van der Waals surface area (Å²) in [5.74, 6) is -0.335. The van der Waals surface area contributed by atoms with E-state index in [0.29, 0.717) is 18.3 Å². The van der Waals surface area contributed by atoms with Crippen molar-refractivity contribution in [2.45, 2.75) is 12.5 Å². The predicted octanol–water partition coefficient (Wildman–Crippen LogP) is 0.744. The number of nitrogens with one attached hydrogen (secondary N) is 2. The van der Waals surface area contributed by atoms with Crippen molar-refractivity contribution in [2.24, 2.45) is 0 Å². The molecule has 6 heteroatoms. The van der Waals surface area contributed by atoms with Gasteiger partial charge in [-0.25, -0.2) is 4.39 Å². The zero-order valence-electron chi connectivity index (χ0n) is 12.7. The van der Waals surface area contributed by atoms with E-state index in [-0.39, 0.29) is 11.7 Å². The van der Waals surface area contributed by atoms with Gasteiger partial charge in [-0.3, -0.25) is 14.6 Å². The van der Waals surface area contributed by atoms with Crippen LogP contribution in [0.2, 0.25) is 0 Å². The maximum absolute atomic E-state index is 12.8. The van der Waals surface area contributed by atoms with Gasteiger partial charge in [0.2, 0.25) is 5.91 Å². The van der Waals surface area contributed by atoms with Gasteiger partial charge in [-0.1, -0.05) is 0 Å². The molecule has 5 nitrogen and oxygen atoms in total. The number of carbonyl (C=O) groups is 1. The number of carbonyl (C=O) groups excluding carboxylic acids is 1. The van der Waals surface area contributed by atoms with E-state index in [2.05, 4.69) is 20.4 Å². The zero-order chi connectivity index (χ0) is 15.4. The van der Waals surface area contributed by atoms with Crippen LogP contribution in [-0.4, -0.2) is 67.6 Å². The Morgan fingerprint density at radius 1 is 1.23 bits per heavy atom. The minimum atomic E-state index is -0.296. The molecule has 1 aromatic carbocycles. The molecule has 2 fully saturated rings. The summed E-state index contributed by atoms with van der Waals surface area (Å²) in [5.41, 5.74) is 0.641. The Morgan fingerprint density at radius 3 is 2.59 bits per heavy atom. The number of piperazine rings is 1. The van der Waals surface area contributed by atoms with Gasteiger partial charge in [0, 0.05) is 44.5 Å². The molecule has 0 radical (unpaired) electrons. The molecule has 1 amide bonds. The molecule has 2 aliphatic rings. The Morgan fingerprint density at radius 2 is 1.95 bits per heavy atom. The molecule has 3 rings (SSSR count). The highest BCUT2D eigenvalue weighted by Gasteiger charge is 2.26. The second-order valence-corrected chi connectivity index (χ2v) is 6.01. The molecular weight excluding hydrogens is 283 g/mol. The molecule has 0 saturated carbocycles. The normalized spacial score (nSPS) is 23.6. The van der Waals surface area contributed by atoms with E-state index in [0.717, 1.165) is 39.3 Å². The molecule has 2 aliphatic heterocycles. The summed E-state index contributed by atoms with van der Waals surface area (Å²) < 4.78 is 12.8. The largest absolute Gasteiger partial charge is 0.325 e. The van der Waals surface area contributed by atoms with Crippen molar-refractivity contribution in [2.75, 3.05) is 51.1 Å². The summed E-state index contributed by atoms with van der Waals surface area (Å²) in [6, 6.07) is 6.53. The molecule has 1 unspecified atom stereocenters. The maximum atomic E-state index is 12.8. The van der Waals surface area contributed by atoms with Gasteiger partial charge in [-0.2, -0.15) is 0 Å². The van der Waals surface area contributed by atoms with Crippen molar-refractivity contribution in [3.63, 3.8) is 0 Å². The molecule has 120 valence electrons. The molecule has 22 heavy (non-hydrogen) atoms. The summed E-state index contributed by atoms with van der Waals surface area (Å²) >= 11 is 0. The number of halogens is 1. The van der Waals surface area contributed by atoms with E-state index in [4.69, 9.17) is 0 Å². The Hall–Kier alpha value is -1.50. The molecule has 2 saturated heterocycles. The number of anilines is 1. The molecule has 1 atom stereocenters. The number of benzene rings is 1. The van der Waals surface area contributed by atoms with Crippen molar-refractivity contribution in [3.05, 3.63) is 30.1 Å². The van der Waals surface area contributed by atoms with Crippen molar-refractivity contribution in [1.29, 1.82) is 0 Å². The summed E-state index contributed by atoms with van der Waals surface area (Å²) in [6.07, 6.45) is 1.23. The molecular formula is C16H23FN4O.